The molecule has 7 heteroatoms. The minimum Gasteiger partial charge on any atom is -0.384 e. The number of nitrogens with one attached hydrogen (secondary N) is 1. The van der Waals surface area contributed by atoms with Gasteiger partial charge in [-0.25, -0.2) is 4.98 Å². The minimum atomic E-state index is -1.14. The topological polar surface area (TPSA) is 111 Å². The van der Waals surface area contributed by atoms with Crippen LogP contribution in [-0.4, -0.2) is 16.8 Å². The van der Waals surface area contributed by atoms with Crippen LogP contribution in [0.25, 0.3) is 0 Å². The van der Waals surface area contributed by atoms with Gasteiger partial charge in [-0.2, -0.15) is 0 Å². The quantitative estimate of drug-likeness (QED) is 0.719. The van der Waals surface area contributed by atoms with Crippen LogP contribution in [0, 0.1) is 0 Å². The zero-order valence-electron chi connectivity index (χ0n) is 11.6. The third-order valence-electron chi connectivity index (χ3n) is 3.08. The molecule has 1 aromatic heterocycles. The highest BCUT2D eigenvalue weighted by molar-refractivity contribution is 6.32. The van der Waals surface area contributed by atoms with Crippen molar-refractivity contribution in [1.29, 1.82) is 0 Å². The number of amides is 2. The summed E-state index contributed by atoms with van der Waals surface area (Å²) in [6, 6.07) is 9.96. The second-order valence-corrected chi connectivity index (χ2v) is 5.07. The Labute approximate surface area is 132 Å². The van der Waals surface area contributed by atoms with Crippen molar-refractivity contribution in [3.8, 4) is 0 Å². The van der Waals surface area contributed by atoms with E-state index in [1.54, 1.807) is 42.6 Å². The van der Waals surface area contributed by atoms with E-state index in [-0.39, 0.29) is 6.54 Å². The van der Waals surface area contributed by atoms with Crippen LogP contribution >= 0.6 is 11.6 Å². The van der Waals surface area contributed by atoms with Crippen LogP contribution in [0.4, 0.5) is 5.82 Å². The van der Waals surface area contributed by atoms with E-state index in [0.29, 0.717) is 16.4 Å². The lowest BCUT2D eigenvalue weighted by Gasteiger charge is -2.15. The average Bonchev–Trinajstić information content (AvgIpc) is 2.48. The second kappa shape index (κ2) is 6.91. The Bertz CT molecular complexity index is 688. The number of pyridine rings is 1. The summed E-state index contributed by atoms with van der Waals surface area (Å²) in [5.74, 6) is -2.03. The van der Waals surface area contributed by atoms with Gasteiger partial charge in [-0.15, -0.1) is 0 Å². The molecular formula is C15H15ClN4O2. The Morgan fingerprint density at radius 3 is 2.55 bits per heavy atom. The fourth-order valence-corrected chi connectivity index (χ4v) is 2.21. The smallest absolute Gasteiger partial charge is 0.237 e. The SMILES string of the molecule is NC(=O)[C@@H](C(=O)NCc1ccc(N)nc1)c1ccccc1Cl. The molecule has 0 saturated heterocycles. The molecular weight excluding hydrogens is 304 g/mol. The van der Waals surface area contributed by atoms with Gasteiger partial charge in [-0.05, 0) is 23.3 Å². The maximum atomic E-state index is 12.3. The molecule has 0 fully saturated rings. The van der Waals surface area contributed by atoms with Gasteiger partial charge in [-0.3, -0.25) is 9.59 Å². The summed E-state index contributed by atoms with van der Waals surface area (Å²) in [6.07, 6.45) is 1.55. The van der Waals surface area contributed by atoms with Gasteiger partial charge in [0.2, 0.25) is 11.8 Å². The van der Waals surface area contributed by atoms with Crippen molar-refractivity contribution < 1.29 is 9.59 Å². The number of nitrogens with two attached hydrogens (primary N) is 2. The standard InChI is InChI=1S/C15H15ClN4O2/c16-11-4-2-1-3-10(11)13(14(18)21)15(22)20-8-9-5-6-12(17)19-7-9/h1-7,13H,8H2,(H2,17,19)(H2,18,21)(H,20,22)/t13-/m0/s1. The van der Waals surface area contributed by atoms with Crippen LogP contribution in [0.15, 0.2) is 42.6 Å². The normalized spacial score (nSPS) is 11.7. The molecule has 0 aliphatic rings. The van der Waals surface area contributed by atoms with E-state index in [4.69, 9.17) is 23.1 Å². The summed E-state index contributed by atoms with van der Waals surface area (Å²) in [5.41, 5.74) is 12.0. The first-order valence-electron chi connectivity index (χ1n) is 6.51. The molecule has 1 atom stereocenters. The fourth-order valence-electron chi connectivity index (χ4n) is 1.96. The number of anilines is 1. The van der Waals surface area contributed by atoms with Crippen molar-refractivity contribution in [2.45, 2.75) is 12.5 Å². The predicted octanol–water partition coefficient (Wildman–Crippen LogP) is 1.20. The Morgan fingerprint density at radius 2 is 1.95 bits per heavy atom. The Balaban J connectivity index is 2.12. The van der Waals surface area contributed by atoms with Gasteiger partial charge in [0.25, 0.3) is 0 Å². The number of halogens is 1. The molecule has 0 aliphatic carbocycles. The fraction of sp³-hybridized carbons (Fsp3) is 0.133. The monoisotopic (exact) mass is 318 g/mol. The number of primary amides is 1. The predicted molar refractivity (Wildman–Crippen MR) is 83.9 cm³/mol. The number of aromatic nitrogens is 1. The van der Waals surface area contributed by atoms with Gasteiger partial charge in [-0.1, -0.05) is 35.9 Å². The van der Waals surface area contributed by atoms with E-state index in [2.05, 4.69) is 10.3 Å². The third-order valence-corrected chi connectivity index (χ3v) is 3.42. The molecule has 2 aromatic rings. The summed E-state index contributed by atoms with van der Waals surface area (Å²) >= 11 is 6.03. The zero-order valence-corrected chi connectivity index (χ0v) is 12.4. The number of carbonyl (C=O) groups excluding carboxylic acids is 2. The highest BCUT2D eigenvalue weighted by Gasteiger charge is 2.27. The molecule has 0 unspecified atom stereocenters. The molecule has 6 nitrogen and oxygen atoms in total. The van der Waals surface area contributed by atoms with Crippen molar-refractivity contribution >= 4 is 29.2 Å². The van der Waals surface area contributed by atoms with Crippen molar-refractivity contribution in [3.63, 3.8) is 0 Å². The molecule has 5 N–H and O–H groups in total. The summed E-state index contributed by atoms with van der Waals surface area (Å²) in [4.78, 5) is 27.8. The Kier molecular flexibility index (Phi) is 4.95. The van der Waals surface area contributed by atoms with Crippen molar-refractivity contribution in [2.24, 2.45) is 5.73 Å². The molecule has 0 saturated carbocycles. The lowest BCUT2D eigenvalue weighted by atomic mass is 9.97. The average molecular weight is 319 g/mol. The van der Waals surface area contributed by atoms with Gasteiger partial charge < -0.3 is 16.8 Å². The molecule has 0 radical (unpaired) electrons. The number of benzene rings is 1. The largest absolute Gasteiger partial charge is 0.384 e. The molecule has 114 valence electrons. The van der Waals surface area contributed by atoms with Gasteiger partial charge in [0, 0.05) is 17.8 Å². The second-order valence-electron chi connectivity index (χ2n) is 4.67. The third kappa shape index (κ3) is 3.73. The molecule has 2 rings (SSSR count). The van der Waals surface area contributed by atoms with E-state index in [9.17, 15) is 9.59 Å². The maximum Gasteiger partial charge on any atom is 0.237 e. The van der Waals surface area contributed by atoms with Crippen LogP contribution in [0.5, 0.6) is 0 Å². The summed E-state index contributed by atoms with van der Waals surface area (Å²) in [7, 11) is 0. The number of nitrogen functional groups attached to an aromatic ring is 1. The first kappa shape index (κ1) is 15.8. The van der Waals surface area contributed by atoms with Crippen molar-refractivity contribution in [3.05, 3.63) is 58.7 Å². The van der Waals surface area contributed by atoms with Crippen molar-refractivity contribution in [2.75, 3.05) is 5.73 Å². The van der Waals surface area contributed by atoms with Crippen LogP contribution in [-0.2, 0) is 16.1 Å². The summed E-state index contributed by atoms with van der Waals surface area (Å²) < 4.78 is 0. The molecule has 0 spiro atoms. The highest BCUT2D eigenvalue weighted by atomic mass is 35.5. The summed E-state index contributed by atoms with van der Waals surface area (Å²) in [6.45, 7) is 0.209. The van der Waals surface area contributed by atoms with Gasteiger partial charge in [0.05, 0.1) is 0 Å². The number of hydrogen-bond donors (Lipinski definition) is 3. The molecule has 2 amide bonds. The van der Waals surface area contributed by atoms with Gasteiger partial charge in [0.1, 0.15) is 11.7 Å². The van der Waals surface area contributed by atoms with Gasteiger partial charge >= 0.3 is 0 Å². The van der Waals surface area contributed by atoms with Crippen molar-refractivity contribution in [1.82, 2.24) is 10.3 Å². The van der Waals surface area contributed by atoms with Crippen LogP contribution in [0.2, 0.25) is 5.02 Å². The molecule has 22 heavy (non-hydrogen) atoms. The van der Waals surface area contributed by atoms with Crippen LogP contribution < -0.4 is 16.8 Å². The molecule has 0 bridgehead atoms. The summed E-state index contributed by atoms with van der Waals surface area (Å²) in [5, 5.41) is 2.96. The first-order valence-corrected chi connectivity index (χ1v) is 6.88. The van der Waals surface area contributed by atoms with E-state index in [0.717, 1.165) is 5.56 Å². The van der Waals surface area contributed by atoms with E-state index < -0.39 is 17.7 Å². The lowest BCUT2D eigenvalue weighted by Crippen LogP contribution is -2.37. The van der Waals surface area contributed by atoms with Crippen LogP contribution in [0.3, 0.4) is 0 Å². The van der Waals surface area contributed by atoms with Gasteiger partial charge in [0.15, 0.2) is 0 Å². The highest BCUT2D eigenvalue weighted by Crippen LogP contribution is 2.24. The lowest BCUT2D eigenvalue weighted by molar-refractivity contribution is -0.130. The van der Waals surface area contributed by atoms with E-state index >= 15 is 0 Å². The van der Waals surface area contributed by atoms with E-state index in [1.165, 1.54) is 0 Å². The Morgan fingerprint density at radius 1 is 1.23 bits per heavy atom. The minimum absolute atomic E-state index is 0.209. The number of rotatable bonds is 5. The number of carbonyl (C=O) groups is 2. The van der Waals surface area contributed by atoms with Crippen LogP contribution in [0.1, 0.15) is 17.0 Å². The van der Waals surface area contributed by atoms with E-state index in [1.807, 2.05) is 0 Å². The number of hydrogen-bond acceptors (Lipinski definition) is 4. The first-order chi connectivity index (χ1) is 10.5. The molecule has 1 heterocycles. The zero-order chi connectivity index (χ0) is 16.1. The number of nitrogens with zero attached hydrogens (tertiary/aromatic N) is 1. The maximum absolute atomic E-state index is 12.3. The molecule has 0 aliphatic heterocycles. The Hall–Kier alpha value is -2.60. The molecule has 1 aromatic carbocycles.